The Balaban J connectivity index is 2.00. The molecule has 0 radical (unpaired) electrons. The highest BCUT2D eigenvalue weighted by molar-refractivity contribution is 7.98. The fourth-order valence-electron chi connectivity index (χ4n) is 2.09. The van der Waals surface area contributed by atoms with Crippen molar-refractivity contribution in [1.82, 2.24) is 10.0 Å². The molecule has 2 rings (SSSR count). The van der Waals surface area contributed by atoms with Crippen LogP contribution < -0.4 is 10.0 Å². The molecule has 1 aromatic heterocycles. The zero-order valence-electron chi connectivity index (χ0n) is 12.8. The van der Waals surface area contributed by atoms with Crippen LogP contribution in [0.15, 0.2) is 15.4 Å². The van der Waals surface area contributed by atoms with Gasteiger partial charge in [-0.1, -0.05) is 0 Å². The molecule has 21 heavy (non-hydrogen) atoms. The number of thioether (sulfide) groups is 1. The number of hydrogen-bond donors (Lipinski definition) is 2. The predicted molar refractivity (Wildman–Crippen MR) is 86.1 cm³/mol. The van der Waals surface area contributed by atoms with Crippen LogP contribution >= 0.6 is 11.8 Å². The lowest BCUT2D eigenvalue weighted by atomic mass is 10.3. The van der Waals surface area contributed by atoms with Gasteiger partial charge in [-0.3, -0.25) is 0 Å². The van der Waals surface area contributed by atoms with Crippen LogP contribution in [-0.4, -0.2) is 32.5 Å². The molecule has 0 bridgehead atoms. The molecule has 1 fully saturated rings. The monoisotopic (exact) mass is 332 g/mol. The summed E-state index contributed by atoms with van der Waals surface area (Å²) in [7, 11) is -3.50. The average Bonchev–Trinajstić information content (AvgIpc) is 3.15. The quantitative estimate of drug-likeness (QED) is 0.726. The van der Waals surface area contributed by atoms with E-state index in [2.05, 4.69) is 10.0 Å². The minimum Gasteiger partial charge on any atom is -0.464 e. The van der Waals surface area contributed by atoms with E-state index in [1.54, 1.807) is 24.8 Å². The first-order valence-corrected chi connectivity index (χ1v) is 10.1. The lowest BCUT2D eigenvalue weighted by Crippen LogP contribution is -2.33. The van der Waals surface area contributed by atoms with Gasteiger partial charge in [0, 0.05) is 18.2 Å². The second-order valence-corrected chi connectivity index (χ2v) is 8.26. The molecule has 1 aliphatic carbocycles. The third kappa shape index (κ3) is 5.02. The molecule has 1 aliphatic rings. The molecule has 1 aromatic rings. The van der Waals surface area contributed by atoms with Crippen LogP contribution in [0, 0.1) is 6.92 Å². The second kappa shape index (κ2) is 7.17. The fourth-order valence-corrected chi connectivity index (χ4v) is 4.16. The number of nitrogens with one attached hydrogen (secondary N) is 2. The predicted octanol–water partition coefficient (Wildman–Crippen LogP) is 2.26. The summed E-state index contributed by atoms with van der Waals surface area (Å²) < 4.78 is 33.1. The third-order valence-corrected chi connectivity index (χ3v) is 5.81. The normalized spacial score (nSPS) is 17.1. The van der Waals surface area contributed by atoms with Gasteiger partial charge < -0.3 is 9.73 Å². The van der Waals surface area contributed by atoms with Crippen molar-refractivity contribution in [2.24, 2.45) is 0 Å². The molecule has 120 valence electrons. The zero-order chi connectivity index (χ0) is 15.5. The van der Waals surface area contributed by atoms with Gasteiger partial charge in [-0.05, 0) is 45.1 Å². The van der Waals surface area contributed by atoms with Crippen molar-refractivity contribution in [2.75, 3.05) is 12.0 Å². The molecular weight excluding hydrogens is 308 g/mol. The molecule has 7 heteroatoms. The molecule has 1 heterocycles. The first kappa shape index (κ1) is 16.9. The van der Waals surface area contributed by atoms with Gasteiger partial charge in [-0.25, -0.2) is 13.1 Å². The van der Waals surface area contributed by atoms with Gasteiger partial charge >= 0.3 is 0 Å². The summed E-state index contributed by atoms with van der Waals surface area (Å²) in [5.74, 6) is 2.06. The minimum absolute atomic E-state index is 0.0789. The fraction of sp³-hybridized carbons (Fsp3) is 0.714. The van der Waals surface area contributed by atoms with Gasteiger partial charge in [0.25, 0.3) is 0 Å². The highest BCUT2D eigenvalue weighted by atomic mass is 32.2. The molecule has 0 saturated heterocycles. The van der Waals surface area contributed by atoms with Crippen LogP contribution in [0.25, 0.3) is 0 Å². The SMILES string of the molecule is CSCCC(C)NS(=O)(=O)c1cc(CNC2CC2)oc1C. The van der Waals surface area contributed by atoms with Gasteiger partial charge in [-0.15, -0.1) is 0 Å². The van der Waals surface area contributed by atoms with Crippen molar-refractivity contribution in [1.29, 1.82) is 0 Å². The highest BCUT2D eigenvalue weighted by Crippen LogP contribution is 2.23. The Morgan fingerprint density at radius 2 is 2.19 bits per heavy atom. The molecule has 1 saturated carbocycles. The molecule has 1 unspecified atom stereocenters. The summed E-state index contributed by atoms with van der Waals surface area (Å²) >= 11 is 1.71. The van der Waals surface area contributed by atoms with E-state index in [-0.39, 0.29) is 10.9 Å². The molecule has 5 nitrogen and oxygen atoms in total. The van der Waals surface area contributed by atoms with E-state index >= 15 is 0 Å². The smallest absolute Gasteiger partial charge is 0.244 e. The Kier molecular flexibility index (Phi) is 5.76. The Morgan fingerprint density at radius 3 is 2.81 bits per heavy atom. The number of hydrogen-bond acceptors (Lipinski definition) is 5. The summed E-state index contributed by atoms with van der Waals surface area (Å²) in [6, 6.07) is 2.12. The number of furan rings is 1. The Morgan fingerprint density at radius 1 is 1.48 bits per heavy atom. The summed E-state index contributed by atoms with van der Waals surface area (Å²) in [5.41, 5.74) is 0. The van der Waals surface area contributed by atoms with Crippen LogP contribution in [0.2, 0.25) is 0 Å². The number of sulfonamides is 1. The van der Waals surface area contributed by atoms with Gasteiger partial charge in [0.2, 0.25) is 10.0 Å². The maximum absolute atomic E-state index is 12.4. The van der Waals surface area contributed by atoms with Crippen molar-refractivity contribution < 1.29 is 12.8 Å². The molecule has 0 aliphatic heterocycles. The third-order valence-electron chi connectivity index (χ3n) is 3.47. The first-order valence-electron chi connectivity index (χ1n) is 7.26. The largest absolute Gasteiger partial charge is 0.464 e. The van der Waals surface area contributed by atoms with E-state index < -0.39 is 10.0 Å². The molecule has 2 N–H and O–H groups in total. The molecular formula is C14H24N2O3S2. The molecule has 0 amide bonds. The summed E-state index contributed by atoms with van der Waals surface area (Å²) in [4.78, 5) is 0.256. The average molecular weight is 332 g/mol. The van der Waals surface area contributed by atoms with Crippen LogP contribution in [-0.2, 0) is 16.6 Å². The Bertz CT molecular complexity index is 565. The van der Waals surface area contributed by atoms with Crippen LogP contribution in [0.3, 0.4) is 0 Å². The topological polar surface area (TPSA) is 71.3 Å². The van der Waals surface area contributed by atoms with E-state index in [1.807, 2.05) is 13.2 Å². The standard InChI is InChI=1S/C14H24N2O3S2/c1-10(6-7-20-3)16-21(17,18)14-8-13(19-11(14)2)9-15-12-4-5-12/h8,10,12,15-16H,4-7,9H2,1-3H3. The van der Waals surface area contributed by atoms with Crippen LogP contribution in [0.4, 0.5) is 0 Å². The zero-order valence-corrected chi connectivity index (χ0v) is 14.4. The lowest BCUT2D eigenvalue weighted by Gasteiger charge is -2.12. The van der Waals surface area contributed by atoms with Gasteiger partial charge in [0.1, 0.15) is 16.4 Å². The van der Waals surface area contributed by atoms with Crippen LogP contribution in [0.5, 0.6) is 0 Å². The van der Waals surface area contributed by atoms with Crippen molar-refractivity contribution >= 4 is 21.8 Å². The number of aryl methyl sites for hydroxylation is 1. The maximum atomic E-state index is 12.4. The summed E-state index contributed by atoms with van der Waals surface area (Å²) in [6.07, 6.45) is 5.21. The molecule has 0 aromatic carbocycles. The van der Waals surface area contributed by atoms with E-state index in [9.17, 15) is 8.42 Å². The minimum atomic E-state index is -3.50. The Hall–Kier alpha value is -0.500. The van der Waals surface area contributed by atoms with Crippen molar-refractivity contribution in [3.63, 3.8) is 0 Å². The van der Waals surface area contributed by atoms with Crippen molar-refractivity contribution in [2.45, 2.75) is 56.6 Å². The van der Waals surface area contributed by atoms with Gasteiger partial charge in [-0.2, -0.15) is 11.8 Å². The number of rotatable bonds is 9. The lowest BCUT2D eigenvalue weighted by molar-refractivity contribution is 0.456. The summed E-state index contributed by atoms with van der Waals surface area (Å²) in [6.45, 7) is 4.17. The van der Waals surface area contributed by atoms with Crippen molar-refractivity contribution in [3.05, 3.63) is 17.6 Å². The van der Waals surface area contributed by atoms with E-state index in [0.29, 0.717) is 24.1 Å². The van der Waals surface area contributed by atoms with Gasteiger partial charge in [0.15, 0.2) is 0 Å². The highest BCUT2D eigenvalue weighted by Gasteiger charge is 2.25. The van der Waals surface area contributed by atoms with E-state index in [4.69, 9.17) is 4.42 Å². The van der Waals surface area contributed by atoms with E-state index in [1.165, 1.54) is 12.8 Å². The van der Waals surface area contributed by atoms with E-state index in [0.717, 1.165) is 12.2 Å². The van der Waals surface area contributed by atoms with Gasteiger partial charge in [0.05, 0.1) is 6.54 Å². The van der Waals surface area contributed by atoms with Crippen LogP contribution in [0.1, 0.15) is 37.7 Å². The summed E-state index contributed by atoms with van der Waals surface area (Å²) in [5, 5.41) is 3.32. The first-order chi connectivity index (χ1) is 9.92. The maximum Gasteiger partial charge on any atom is 0.244 e. The molecule has 1 atom stereocenters. The molecule has 0 spiro atoms. The second-order valence-electron chi connectivity index (χ2n) is 5.59. The Labute approximate surface area is 131 Å². The van der Waals surface area contributed by atoms with Crippen molar-refractivity contribution in [3.8, 4) is 0 Å².